The van der Waals surface area contributed by atoms with Crippen LogP contribution in [0.3, 0.4) is 0 Å². The summed E-state index contributed by atoms with van der Waals surface area (Å²) in [6, 6.07) is 5.34. The van der Waals surface area contributed by atoms with E-state index in [0.717, 1.165) is 14.6 Å². The molecular weight excluding hydrogens is 442 g/mol. The van der Waals surface area contributed by atoms with Gasteiger partial charge in [0.05, 0.1) is 18.3 Å². The van der Waals surface area contributed by atoms with Crippen LogP contribution < -0.4 is 5.32 Å². The number of nitrogens with zero attached hydrogens (tertiary/aromatic N) is 2. The fraction of sp³-hybridized carbons (Fsp3) is 0.500. The SMILES string of the molecule is CCOC(=O)N1CCN(C(C)C(=O)Nc2ccc(Br)cc2Br)CC1. The number of carbonyl (C=O) groups excluding carboxylic acids is 2. The molecule has 0 aliphatic carbocycles. The minimum Gasteiger partial charge on any atom is -0.450 e. The number of rotatable bonds is 4. The summed E-state index contributed by atoms with van der Waals surface area (Å²) >= 11 is 6.83. The maximum absolute atomic E-state index is 12.5. The molecule has 1 heterocycles. The Hall–Kier alpha value is -1.12. The van der Waals surface area contributed by atoms with Crippen LogP contribution >= 0.6 is 31.9 Å². The Morgan fingerprint density at radius 3 is 2.50 bits per heavy atom. The van der Waals surface area contributed by atoms with Crippen LogP contribution in [0.5, 0.6) is 0 Å². The highest BCUT2D eigenvalue weighted by Gasteiger charge is 2.28. The zero-order chi connectivity index (χ0) is 17.7. The molecule has 24 heavy (non-hydrogen) atoms. The van der Waals surface area contributed by atoms with E-state index in [4.69, 9.17) is 4.74 Å². The lowest BCUT2D eigenvalue weighted by Gasteiger charge is -2.36. The average molecular weight is 463 g/mol. The lowest BCUT2D eigenvalue weighted by molar-refractivity contribution is -0.121. The van der Waals surface area contributed by atoms with Crippen molar-refractivity contribution in [3.8, 4) is 0 Å². The first-order valence-electron chi connectivity index (χ1n) is 7.84. The monoisotopic (exact) mass is 461 g/mol. The molecule has 0 radical (unpaired) electrons. The Morgan fingerprint density at radius 2 is 1.92 bits per heavy atom. The normalized spacial score (nSPS) is 16.6. The number of hydrogen-bond acceptors (Lipinski definition) is 4. The van der Waals surface area contributed by atoms with Gasteiger partial charge in [-0.2, -0.15) is 0 Å². The third-order valence-corrected chi connectivity index (χ3v) is 5.11. The fourth-order valence-electron chi connectivity index (χ4n) is 2.50. The summed E-state index contributed by atoms with van der Waals surface area (Å²) in [5, 5.41) is 2.94. The van der Waals surface area contributed by atoms with Crippen LogP contribution in [-0.4, -0.2) is 60.6 Å². The minimum absolute atomic E-state index is 0.0670. The largest absolute Gasteiger partial charge is 0.450 e. The smallest absolute Gasteiger partial charge is 0.409 e. The summed E-state index contributed by atoms with van der Waals surface area (Å²) in [7, 11) is 0. The molecule has 0 saturated carbocycles. The van der Waals surface area contributed by atoms with Crippen LogP contribution in [0.25, 0.3) is 0 Å². The van der Waals surface area contributed by atoms with Crippen LogP contribution in [0, 0.1) is 0 Å². The van der Waals surface area contributed by atoms with Gasteiger partial charge in [-0.3, -0.25) is 9.69 Å². The van der Waals surface area contributed by atoms with Crippen molar-refractivity contribution < 1.29 is 14.3 Å². The number of ether oxygens (including phenoxy) is 1. The second kappa shape index (κ2) is 8.82. The zero-order valence-electron chi connectivity index (χ0n) is 13.7. The van der Waals surface area contributed by atoms with Gasteiger partial charge in [-0.1, -0.05) is 15.9 Å². The Balaban J connectivity index is 1.89. The number of nitrogens with one attached hydrogen (secondary N) is 1. The van der Waals surface area contributed by atoms with Gasteiger partial charge < -0.3 is 15.0 Å². The minimum atomic E-state index is -0.284. The van der Waals surface area contributed by atoms with Crippen molar-refractivity contribution >= 4 is 49.5 Å². The molecule has 1 fully saturated rings. The molecule has 1 N–H and O–H groups in total. The highest BCUT2D eigenvalue weighted by molar-refractivity contribution is 9.11. The number of halogens is 2. The van der Waals surface area contributed by atoms with Crippen LogP contribution in [0.4, 0.5) is 10.5 Å². The van der Waals surface area contributed by atoms with Crippen molar-refractivity contribution in [2.24, 2.45) is 0 Å². The number of hydrogen-bond donors (Lipinski definition) is 1. The first kappa shape index (κ1) is 19.2. The summed E-state index contributed by atoms with van der Waals surface area (Å²) in [5.41, 5.74) is 0.736. The van der Waals surface area contributed by atoms with Gasteiger partial charge in [-0.25, -0.2) is 4.79 Å². The van der Waals surface area contributed by atoms with Crippen LogP contribution in [-0.2, 0) is 9.53 Å². The van der Waals surface area contributed by atoms with E-state index in [-0.39, 0.29) is 18.0 Å². The van der Waals surface area contributed by atoms with Crippen molar-refractivity contribution in [1.82, 2.24) is 9.80 Å². The molecule has 1 aromatic carbocycles. The molecule has 1 aromatic rings. The van der Waals surface area contributed by atoms with Gasteiger partial charge in [0.15, 0.2) is 0 Å². The molecule has 2 amide bonds. The molecule has 0 bridgehead atoms. The molecule has 1 aliphatic rings. The zero-order valence-corrected chi connectivity index (χ0v) is 16.9. The van der Waals surface area contributed by atoms with E-state index in [1.165, 1.54) is 0 Å². The summed E-state index contributed by atoms with van der Waals surface area (Å²) in [5.74, 6) is -0.0670. The van der Waals surface area contributed by atoms with E-state index in [2.05, 4.69) is 42.1 Å². The second-order valence-electron chi connectivity index (χ2n) is 5.51. The Labute approximate surface area is 158 Å². The number of anilines is 1. The Kier molecular flexibility index (Phi) is 7.06. The van der Waals surface area contributed by atoms with Crippen molar-refractivity contribution in [3.63, 3.8) is 0 Å². The van der Waals surface area contributed by atoms with Gasteiger partial charge in [-0.05, 0) is 48.0 Å². The molecule has 132 valence electrons. The number of carbonyl (C=O) groups is 2. The predicted molar refractivity (Wildman–Crippen MR) is 100 cm³/mol. The van der Waals surface area contributed by atoms with Crippen LogP contribution in [0.15, 0.2) is 27.1 Å². The van der Waals surface area contributed by atoms with E-state index in [0.29, 0.717) is 32.8 Å². The molecule has 1 aliphatic heterocycles. The lowest BCUT2D eigenvalue weighted by atomic mass is 10.2. The quantitative estimate of drug-likeness (QED) is 0.745. The van der Waals surface area contributed by atoms with Gasteiger partial charge in [0.25, 0.3) is 0 Å². The third kappa shape index (κ3) is 4.94. The standard InChI is InChI=1S/C16H21Br2N3O3/c1-3-24-16(23)21-8-6-20(7-9-21)11(2)15(22)19-14-5-4-12(17)10-13(14)18/h4-5,10-11H,3,6-9H2,1-2H3,(H,19,22). The average Bonchev–Trinajstić information content (AvgIpc) is 2.57. The fourth-order valence-corrected chi connectivity index (χ4v) is 3.65. The number of benzene rings is 1. The van der Waals surface area contributed by atoms with E-state index in [1.807, 2.05) is 25.1 Å². The Morgan fingerprint density at radius 1 is 1.25 bits per heavy atom. The van der Waals surface area contributed by atoms with Gasteiger partial charge >= 0.3 is 6.09 Å². The molecule has 0 spiro atoms. The second-order valence-corrected chi connectivity index (χ2v) is 7.28. The summed E-state index contributed by atoms with van der Waals surface area (Å²) in [6.07, 6.45) is -0.284. The highest BCUT2D eigenvalue weighted by atomic mass is 79.9. The summed E-state index contributed by atoms with van der Waals surface area (Å²) < 4.78 is 6.77. The summed E-state index contributed by atoms with van der Waals surface area (Å²) in [6.45, 7) is 6.48. The first-order valence-corrected chi connectivity index (χ1v) is 9.42. The summed E-state index contributed by atoms with van der Waals surface area (Å²) in [4.78, 5) is 27.9. The van der Waals surface area contributed by atoms with E-state index in [9.17, 15) is 9.59 Å². The van der Waals surface area contributed by atoms with E-state index >= 15 is 0 Å². The molecular formula is C16H21Br2N3O3. The van der Waals surface area contributed by atoms with Gasteiger partial charge in [0.1, 0.15) is 0 Å². The maximum atomic E-state index is 12.5. The third-order valence-electron chi connectivity index (χ3n) is 3.96. The van der Waals surface area contributed by atoms with Gasteiger partial charge in [-0.15, -0.1) is 0 Å². The molecule has 1 atom stereocenters. The maximum Gasteiger partial charge on any atom is 0.409 e. The van der Waals surface area contributed by atoms with Crippen molar-refractivity contribution in [2.75, 3.05) is 38.1 Å². The topological polar surface area (TPSA) is 61.9 Å². The first-order chi connectivity index (χ1) is 11.4. The molecule has 6 nitrogen and oxygen atoms in total. The molecule has 1 saturated heterocycles. The van der Waals surface area contributed by atoms with E-state index < -0.39 is 0 Å². The van der Waals surface area contributed by atoms with Crippen molar-refractivity contribution in [2.45, 2.75) is 19.9 Å². The van der Waals surface area contributed by atoms with Crippen molar-refractivity contribution in [3.05, 3.63) is 27.1 Å². The highest BCUT2D eigenvalue weighted by Crippen LogP contribution is 2.26. The van der Waals surface area contributed by atoms with Crippen LogP contribution in [0.2, 0.25) is 0 Å². The molecule has 1 unspecified atom stereocenters. The molecule has 8 heteroatoms. The molecule has 0 aromatic heterocycles. The Bertz CT molecular complexity index is 604. The van der Waals surface area contributed by atoms with Crippen molar-refractivity contribution in [1.29, 1.82) is 0 Å². The number of piperazine rings is 1. The molecule has 2 rings (SSSR count). The van der Waals surface area contributed by atoms with E-state index in [1.54, 1.807) is 11.8 Å². The van der Waals surface area contributed by atoms with Gasteiger partial charge in [0, 0.05) is 35.1 Å². The number of amides is 2. The van der Waals surface area contributed by atoms with Gasteiger partial charge in [0.2, 0.25) is 5.91 Å². The van der Waals surface area contributed by atoms with Crippen LogP contribution in [0.1, 0.15) is 13.8 Å². The predicted octanol–water partition coefficient (Wildman–Crippen LogP) is 3.31. The lowest BCUT2D eigenvalue weighted by Crippen LogP contribution is -2.54.